The lowest BCUT2D eigenvalue weighted by Gasteiger charge is -2.26. The van der Waals surface area contributed by atoms with Gasteiger partial charge in [-0.25, -0.2) is 4.79 Å². The van der Waals surface area contributed by atoms with Crippen molar-refractivity contribution in [2.75, 3.05) is 13.2 Å². The van der Waals surface area contributed by atoms with Crippen molar-refractivity contribution in [1.29, 1.82) is 0 Å². The number of halogens is 1. The van der Waals surface area contributed by atoms with E-state index in [9.17, 15) is 24.5 Å². The summed E-state index contributed by atoms with van der Waals surface area (Å²) < 4.78 is 17.1. The van der Waals surface area contributed by atoms with Crippen molar-refractivity contribution in [2.45, 2.75) is 33.4 Å². The van der Waals surface area contributed by atoms with Gasteiger partial charge in [-0.2, -0.15) is 0 Å². The molecule has 0 unspecified atom stereocenters. The van der Waals surface area contributed by atoms with Crippen molar-refractivity contribution < 1.29 is 33.5 Å². The van der Waals surface area contributed by atoms with Crippen molar-refractivity contribution in [3.05, 3.63) is 98.1 Å². The lowest BCUT2D eigenvalue weighted by Crippen LogP contribution is -2.53. The molecule has 1 N–H and O–H groups in total. The van der Waals surface area contributed by atoms with E-state index in [1.165, 1.54) is 24.3 Å². The van der Waals surface area contributed by atoms with Crippen LogP contribution in [0.4, 0.5) is 10.5 Å². The van der Waals surface area contributed by atoms with Gasteiger partial charge in [0, 0.05) is 12.1 Å². The highest BCUT2D eigenvalue weighted by molar-refractivity contribution is 6.33. The molecule has 1 heterocycles. The Morgan fingerprint density at radius 2 is 1.62 bits per heavy atom. The zero-order valence-corrected chi connectivity index (χ0v) is 23.7. The van der Waals surface area contributed by atoms with Gasteiger partial charge >= 0.3 is 6.03 Å². The fraction of sp³-hybridized carbons (Fsp3) is 0.233. The number of imide groups is 2. The molecule has 0 spiro atoms. The Hall–Kier alpha value is -4.90. The van der Waals surface area contributed by atoms with Gasteiger partial charge in [-0.3, -0.25) is 29.9 Å². The molecular formula is C30H28ClN3O8. The molecule has 4 rings (SSSR count). The zero-order chi connectivity index (χ0) is 30.2. The topological polar surface area (TPSA) is 137 Å². The molecule has 1 aliphatic rings. The number of hydrogen-bond donors (Lipinski definition) is 1. The summed E-state index contributed by atoms with van der Waals surface area (Å²) in [4.78, 5) is 49.7. The molecule has 12 heteroatoms. The van der Waals surface area contributed by atoms with Gasteiger partial charge < -0.3 is 14.2 Å². The first kappa shape index (κ1) is 30.1. The van der Waals surface area contributed by atoms with E-state index in [2.05, 4.69) is 5.32 Å². The SMILES string of the molecule is CCCOc1ccc(CN2C(=O)NC(=O)/C(=C\c3ccc(OCc4ccc([N+](=O)[O-])cc4)c(Cl)c3)C2=O)cc1OCC. The molecule has 1 fully saturated rings. The van der Waals surface area contributed by atoms with Crippen LogP contribution in [0.5, 0.6) is 17.2 Å². The van der Waals surface area contributed by atoms with Gasteiger partial charge in [0.25, 0.3) is 17.5 Å². The molecule has 0 aromatic heterocycles. The molecule has 0 saturated carbocycles. The standard InChI is InChI=1S/C30H28ClN3O8/c1-3-13-41-26-12-8-21(16-27(26)40-4-2)17-33-29(36)23(28(35)32-30(33)37)14-20-7-11-25(24(31)15-20)42-18-19-5-9-22(10-6-19)34(38)39/h5-12,14-16H,3-4,13,17-18H2,1-2H3,(H,32,35,37)/b23-14+. The van der Waals surface area contributed by atoms with Crippen molar-refractivity contribution in [3.8, 4) is 17.2 Å². The minimum atomic E-state index is -0.834. The van der Waals surface area contributed by atoms with Crippen molar-refractivity contribution in [3.63, 3.8) is 0 Å². The number of nitrogens with one attached hydrogen (secondary N) is 1. The van der Waals surface area contributed by atoms with E-state index in [0.29, 0.717) is 47.2 Å². The van der Waals surface area contributed by atoms with E-state index in [1.807, 2.05) is 13.8 Å². The largest absolute Gasteiger partial charge is 0.490 e. The van der Waals surface area contributed by atoms with Gasteiger partial charge in [-0.05, 0) is 72.5 Å². The molecule has 0 radical (unpaired) electrons. The van der Waals surface area contributed by atoms with Crippen LogP contribution in [0.1, 0.15) is 37.0 Å². The minimum Gasteiger partial charge on any atom is -0.490 e. The molecule has 3 aromatic rings. The molecule has 218 valence electrons. The van der Waals surface area contributed by atoms with Crippen molar-refractivity contribution >= 4 is 41.2 Å². The normalized spacial score (nSPS) is 14.1. The molecule has 4 amide bonds. The number of nitro benzene ring substituents is 1. The zero-order valence-electron chi connectivity index (χ0n) is 22.9. The molecule has 11 nitrogen and oxygen atoms in total. The summed E-state index contributed by atoms with van der Waals surface area (Å²) in [6.07, 6.45) is 2.17. The number of carbonyl (C=O) groups is 3. The second-order valence-corrected chi connectivity index (χ2v) is 9.58. The molecule has 3 aromatic carbocycles. The van der Waals surface area contributed by atoms with Gasteiger partial charge in [-0.15, -0.1) is 0 Å². The number of hydrogen-bond acceptors (Lipinski definition) is 8. The van der Waals surface area contributed by atoms with Crippen LogP contribution in [0, 0.1) is 10.1 Å². The number of amides is 4. The number of urea groups is 1. The van der Waals surface area contributed by atoms with Crippen LogP contribution in [-0.2, 0) is 22.7 Å². The van der Waals surface area contributed by atoms with Crippen LogP contribution in [0.3, 0.4) is 0 Å². The summed E-state index contributed by atoms with van der Waals surface area (Å²) in [5.41, 5.74) is 1.48. The first-order chi connectivity index (χ1) is 20.2. The summed E-state index contributed by atoms with van der Waals surface area (Å²) in [7, 11) is 0. The van der Waals surface area contributed by atoms with Gasteiger partial charge in [-0.1, -0.05) is 30.7 Å². The lowest BCUT2D eigenvalue weighted by molar-refractivity contribution is -0.384. The van der Waals surface area contributed by atoms with Gasteiger partial charge in [0.15, 0.2) is 11.5 Å². The summed E-state index contributed by atoms with van der Waals surface area (Å²) >= 11 is 6.38. The van der Waals surface area contributed by atoms with E-state index >= 15 is 0 Å². The molecule has 0 bridgehead atoms. The van der Waals surface area contributed by atoms with E-state index < -0.39 is 22.8 Å². The number of benzene rings is 3. The average Bonchev–Trinajstić information content (AvgIpc) is 2.97. The van der Waals surface area contributed by atoms with Crippen molar-refractivity contribution in [1.82, 2.24) is 10.2 Å². The summed E-state index contributed by atoms with van der Waals surface area (Å²) in [5, 5.41) is 13.2. The molecule has 1 aliphatic heterocycles. The number of barbiturate groups is 1. The highest BCUT2D eigenvalue weighted by Crippen LogP contribution is 2.31. The smallest absolute Gasteiger partial charge is 0.331 e. The molecule has 1 saturated heterocycles. The third-order valence-corrected chi connectivity index (χ3v) is 6.40. The van der Waals surface area contributed by atoms with Crippen LogP contribution >= 0.6 is 11.6 Å². The first-order valence-electron chi connectivity index (χ1n) is 13.1. The predicted molar refractivity (Wildman–Crippen MR) is 154 cm³/mol. The Morgan fingerprint density at radius 3 is 2.29 bits per heavy atom. The number of nitro groups is 1. The third kappa shape index (κ3) is 7.24. The number of non-ortho nitro benzene ring substituents is 1. The predicted octanol–water partition coefficient (Wildman–Crippen LogP) is 5.68. The second kappa shape index (κ2) is 13.6. The van der Waals surface area contributed by atoms with Crippen LogP contribution < -0.4 is 19.5 Å². The minimum absolute atomic E-state index is 0.0269. The monoisotopic (exact) mass is 593 g/mol. The maximum absolute atomic E-state index is 13.3. The number of rotatable bonds is 12. The molecule has 0 aliphatic carbocycles. The Balaban J connectivity index is 1.49. The van der Waals surface area contributed by atoms with Crippen LogP contribution in [-0.4, -0.2) is 40.9 Å². The van der Waals surface area contributed by atoms with E-state index in [0.717, 1.165) is 11.3 Å². The average molecular weight is 594 g/mol. The van der Waals surface area contributed by atoms with Gasteiger partial charge in [0.2, 0.25) is 0 Å². The van der Waals surface area contributed by atoms with Crippen molar-refractivity contribution in [2.24, 2.45) is 0 Å². The van der Waals surface area contributed by atoms with E-state index in [4.69, 9.17) is 25.8 Å². The molecular weight excluding hydrogens is 566 g/mol. The highest BCUT2D eigenvalue weighted by atomic mass is 35.5. The van der Waals surface area contributed by atoms with Crippen LogP contribution in [0.15, 0.2) is 66.2 Å². The highest BCUT2D eigenvalue weighted by Gasteiger charge is 2.35. The molecule has 42 heavy (non-hydrogen) atoms. The van der Waals surface area contributed by atoms with E-state index in [1.54, 1.807) is 42.5 Å². The van der Waals surface area contributed by atoms with Crippen LogP contribution in [0.2, 0.25) is 5.02 Å². The number of ether oxygens (including phenoxy) is 3. The Labute approximate surface area is 246 Å². The summed E-state index contributed by atoms with van der Waals surface area (Å²) in [6, 6.07) is 14.9. The van der Waals surface area contributed by atoms with Gasteiger partial charge in [0.05, 0.1) is 29.7 Å². The quantitative estimate of drug-likeness (QED) is 0.123. The Morgan fingerprint density at radius 1 is 0.905 bits per heavy atom. The summed E-state index contributed by atoms with van der Waals surface area (Å²) in [6.45, 7) is 4.76. The maximum Gasteiger partial charge on any atom is 0.331 e. The Kier molecular flexibility index (Phi) is 9.77. The molecule has 0 atom stereocenters. The lowest BCUT2D eigenvalue weighted by atomic mass is 10.1. The second-order valence-electron chi connectivity index (χ2n) is 9.17. The van der Waals surface area contributed by atoms with Gasteiger partial charge in [0.1, 0.15) is 17.9 Å². The number of carbonyl (C=O) groups excluding carboxylic acids is 3. The fourth-order valence-corrected chi connectivity index (χ4v) is 4.28. The number of nitrogens with zero attached hydrogens (tertiary/aromatic N) is 2. The summed E-state index contributed by atoms with van der Waals surface area (Å²) in [5.74, 6) is -0.197. The van der Waals surface area contributed by atoms with E-state index in [-0.39, 0.29) is 29.4 Å². The third-order valence-electron chi connectivity index (χ3n) is 6.10. The van der Waals surface area contributed by atoms with Crippen LogP contribution in [0.25, 0.3) is 6.08 Å². The Bertz CT molecular complexity index is 1540. The maximum atomic E-state index is 13.3. The first-order valence-corrected chi connectivity index (χ1v) is 13.5. The fourth-order valence-electron chi connectivity index (χ4n) is 4.04.